The minimum absolute atomic E-state index is 0.0644. The molecule has 0 fully saturated rings. The van der Waals surface area contributed by atoms with Crippen molar-refractivity contribution in [3.8, 4) is 0 Å². The van der Waals surface area contributed by atoms with E-state index in [0.29, 0.717) is 19.3 Å². The number of hydrogen-bond acceptors (Lipinski definition) is 6. The molecular formula is C50H96O6. The Hall–Kier alpha value is -1.59. The van der Waals surface area contributed by atoms with Gasteiger partial charge in [0.15, 0.2) is 6.10 Å². The zero-order valence-electron chi connectivity index (χ0n) is 38.3. The second-order valence-electron chi connectivity index (χ2n) is 18.1. The van der Waals surface area contributed by atoms with Gasteiger partial charge in [-0.2, -0.15) is 0 Å². The van der Waals surface area contributed by atoms with Gasteiger partial charge in [-0.25, -0.2) is 0 Å². The van der Waals surface area contributed by atoms with Gasteiger partial charge in [0.25, 0.3) is 0 Å². The third kappa shape index (κ3) is 43.5. The highest BCUT2D eigenvalue weighted by molar-refractivity contribution is 5.71. The van der Waals surface area contributed by atoms with Crippen LogP contribution in [-0.2, 0) is 28.6 Å². The van der Waals surface area contributed by atoms with Gasteiger partial charge >= 0.3 is 17.9 Å². The maximum atomic E-state index is 12.7. The molecule has 0 aromatic heterocycles. The van der Waals surface area contributed by atoms with Crippen LogP contribution in [0.5, 0.6) is 0 Å². The molecule has 0 aromatic carbocycles. The standard InChI is InChI=1S/C50H96O6/c1-6-7-8-9-10-11-12-17-21-26-32-37-42-50(53)56-47(44-55-49(52)41-36-31-27-22-24-29-34-39-46(4)5)43-54-48(51)40-35-30-25-20-18-15-13-14-16-19-23-28-33-38-45(2)3/h45-47H,6-44H2,1-5H3/t47-/m0/s1. The Balaban J connectivity index is 4.29. The molecule has 0 heterocycles. The van der Waals surface area contributed by atoms with Crippen LogP contribution in [-0.4, -0.2) is 37.2 Å². The lowest BCUT2D eigenvalue weighted by molar-refractivity contribution is -0.167. The van der Waals surface area contributed by atoms with Crippen molar-refractivity contribution in [1.82, 2.24) is 0 Å². The summed E-state index contributed by atoms with van der Waals surface area (Å²) < 4.78 is 16.8. The molecule has 0 rings (SSSR count). The number of carbonyl (C=O) groups is 3. The van der Waals surface area contributed by atoms with Crippen molar-refractivity contribution in [2.24, 2.45) is 11.8 Å². The second kappa shape index (κ2) is 43.0. The van der Waals surface area contributed by atoms with Gasteiger partial charge in [-0.3, -0.25) is 14.4 Å². The van der Waals surface area contributed by atoms with Crippen LogP contribution in [0.25, 0.3) is 0 Å². The average Bonchev–Trinajstić information content (AvgIpc) is 3.16. The predicted molar refractivity (Wildman–Crippen MR) is 238 cm³/mol. The molecule has 6 nitrogen and oxygen atoms in total. The second-order valence-corrected chi connectivity index (χ2v) is 18.1. The normalized spacial score (nSPS) is 12.1. The molecule has 0 N–H and O–H groups in total. The van der Waals surface area contributed by atoms with Crippen molar-refractivity contribution in [1.29, 1.82) is 0 Å². The third-order valence-electron chi connectivity index (χ3n) is 11.2. The van der Waals surface area contributed by atoms with Gasteiger partial charge < -0.3 is 14.2 Å². The van der Waals surface area contributed by atoms with E-state index in [1.807, 2.05) is 0 Å². The molecule has 0 amide bonds. The first-order chi connectivity index (χ1) is 27.2. The lowest BCUT2D eigenvalue weighted by atomic mass is 10.0. The molecule has 0 radical (unpaired) electrons. The van der Waals surface area contributed by atoms with E-state index >= 15 is 0 Å². The minimum Gasteiger partial charge on any atom is -0.462 e. The molecule has 0 aliphatic rings. The van der Waals surface area contributed by atoms with Gasteiger partial charge in [-0.15, -0.1) is 0 Å². The van der Waals surface area contributed by atoms with Gasteiger partial charge in [0.1, 0.15) is 13.2 Å². The van der Waals surface area contributed by atoms with E-state index in [4.69, 9.17) is 14.2 Å². The van der Waals surface area contributed by atoms with Crippen LogP contribution in [0, 0.1) is 11.8 Å². The first-order valence-corrected chi connectivity index (χ1v) is 24.7. The molecule has 332 valence electrons. The summed E-state index contributed by atoms with van der Waals surface area (Å²) in [5, 5.41) is 0. The van der Waals surface area contributed by atoms with E-state index in [2.05, 4.69) is 34.6 Å². The Morgan fingerprint density at radius 2 is 0.589 bits per heavy atom. The highest BCUT2D eigenvalue weighted by Gasteiger charge is 2.19. The van der Waals surface area contributed by atoms with Gasteiger partial charge in [-0.05, 0) is 31.1 Å². The Labute approximate surface area is 348 Å². The maximum absolute atomic E-state index is 12.7. The van der Waals surface area contributed by atoms with Crippen LogP contribution in [0.15, 0.2) is 0 Å². The monoisotopic (exact) mass is 793 g/mol. The summed E-state index contributed by atoms with van der Waals surface area (Å²) in [5.74, 6) is 0.767. The predicted octanol–water partition coefficient (Wildman–Crippen LogP) is 15.8. The lowest BCUT2D eigenvalue weighted by Gasteiger charge is -2.18. The van der Waals surface area contributed by atoms with E-state index in [9.17, 15) is 14.4 Å². The van der Waals surface area contributed by atoms with Crippen LogP contribution in [0.4, 0.5) is 0 Å². The molecule has 0 saturated heterocycles. The number of unbranched alkanes of at least 4 members (excludes halogenated alkanes) is 29. The summed E-state index contributed by atoms with van der Waals surface area (Å²) in [5.41, 5.74) is 0. The molecule has 0 unspecified atom stereocenters. The zero-order chi connectivity index (χ0) is 41.2. The first-order valence-electron chi connectivity index (χ1n) is 24.7. The molecular weight excluding hydrogens is 697 g/mol. The first kappa shape index (κ1) is 54.4. The fourth-order valence-corrected chi connectivity index (χ4v) is 7.46. The SMILES string of the molecule is CCCCCCCCCCCCCCC(=O)O[C@@H](COC(=O)CCCCCCCCCCCCCCCC(C)C)COC(=O)CCCCCCCCCC(C)C. The van der Waals surface area contributed by atoms with Crippen molar-refractivity contribution < 1.29 is 28.6 Å². The molecule has 0 saturated carbocycles. The zero-order valence-corrected chi connectivity index (χ0v) is 38.3. The van der Waals surface area contributed by atoms with Crippen LogP contribution in [0.1, 0.15) is 272 Å². The van der Waals surface area contributed by atoms with Gasteiger partial charge in [-0.1, -0.05) is 234 Å². The average molecular weight is 793 g/mol. The summed E-state index contributed by atoms with van der Waals surface area (Å²) in [6, 6.07) is 0. The molecule has 0 spiro atoms. The fraction of sp³-hybridized carbons (Fsp3) is 0.940. The van der Waals surface area contributed by atoms with Gasteiger partial charge in [0, 0.05) is 19.3 Å². The van der Waals surface area contributed by atoms with Crippen molar-refractivity contribution in [3.63, 3.8) is 0 Å². The van der Waals surface area contributed by atoms with Crippen molar-refractivity contribution >= 4 is 17.9 Å². The summed E-state index contributed by atoms with van der Waals surface area (Å²) in [6.45, 7) is 11.3. The highest BCUT2D eigenvalue weighted by Crippen LogP contribution is 2.17. The Morgan fingerprint density at radius 1 is 0.339 bits per heavy atom. The summed E-state index contributed by atoms with van der Waals surface area (Å²) >= 11 is 0. The van der Waals surface area contributed by atoms with Crippen molar-refractivity contribution in [3.05, 3.63) is 0 Å². The maximum Gasteiger partial charge on any atom is 0.306 e. The lowest BCUT2D eigenvalue weighted by Crippen LogP contribution is -2.30. The van der Waals surface area contributed by atoms with E-state index in [0.717, 1.165) is 69.6 Å². The molecule has 0 bridgehead atoms. The van der Waals surface area contributed by atoms with E-state index in [1.54, 1.807) is 0 Å². The molecule has 6 heteroatoms. The molecule has 0 aliphatic carbocycles. The highest BCUT2D eigenvalue weighted by atomic mass is 16.6. The number of esters is 3. The Kier molecular flexibility index (Phi) is 41.8. The minimum atomic E-state index is -0.761. The van der Waals surface area contributed by atoms with E-state index in [1.165, 1.54) is 161 Å². The molecule has 1 atom stereocenters. The van der Waals surface area contributed by atoms with E-state index < -0.39 is 6.10 Å². The van der Waals surface area contributed by atoms with Crippen molar-refractivity contribution in [2.45, 2.75) is 278 Å². The summed E-state index contributed by atoms with van der Waals surface area (Å²) in [6.07, 6.45) is 42.4. The third-order valence-corrected chi connectivity index (χ3v) is 11.2. The molecule has 0 aromatic rings. The molecule has 56 heavy (non-hydrogen) atoms. The quantitative estimate of drug-likeness (QED) is 0.0347. The Morgan fingerprint density at radius 3 is 0.875 bits per heavy atom. The van der Waals surface area contributed by atoms with Crippen LogP contribution in [0.3, 0.4) is 0 Å². The fourth-order valence-electron chi connectivity index (χ4n) is 7.46. The van der Waals surface area contributed by atoms with Gasteiger partial charge in [0.05, 0.1) is 0 Å². The smallest absolute Gasteiger partial charge is 0.306 e. The van der Waals surface area contributed by atoms with Crippen molar-refractivity contribution in [2.75, 3.05) is 13.2 Å². The van der Waals surface area contributed by atoms with Crippen LogP contribution < -0.4 is 0 Å². The van der Waals surface area contributed by atoms with Crippen LogP contribution >= 0.6 is 0 Å². The van der Waals surface area contributed by atoms with Gasteiger partial charge in [0.2, 0.25) is 0 Å². The summed E-state index contributed by atoms with van der Waals surface area (Å²) in [4.78, 5) is 37.8. The number of hydrogen-bond donors (Lipinski definition) is 0. The number of carbonyl (C=O) groups excluding carboxylic acids is 3. The molecule has 0 aliphatic heterocycles. The van der Waals surface area contributed by atoms with E-state index in [-0.39, 0.29) is 31.1 Å². The largest absolute Gasteiger partial charge is 0.462 e. The topological polar surface area (TPSA) is 78.9 Å². The van der Waals surface area contributed by atoms with Crippen LogP contribution in [0.2, 0.25) is 0 Å². The summed E-state index contributed by atoms with van der Waals surface area (Å²) in [7, 11) is 0. The number of rotatable bonds is 44. The Bertz CT molecular complexity index is 854. The number of ether oxygens (including phenoxy) is 3.